The van der Waals surface area contributed by atoms with Crippen molar-refractivity contribution in [3.63, 3.8) is 0 Å². The molecule has 0 aliphatic rings. The maximum Gasteiger partial charge on any atom is 0.226 e. The molecule has 24 heavy (non-hydrogen) atoms. The fourth-order valence-electron chi connectivity index (χ4n) is 2.14. The molecule has 0 saturated heterocycles. The molecule has 0 unspecified atom stereocenters. The molecule has 3 aromatic rings. The molecular formula is C18H14F2N2OS. The van der Waals surface area contributed by atoms with Crippen molar-refractivity contribution < 1.29 is 13.6 Å². The molecule has 0 atom stereocenters. The van der Waals surface area contributed by atoms with Gasteiger partial charge in [-0.15, -0.1) is 11.3 Å². The Morgan fingerprint density at radius 1 is 1.00 bits per heavy atom. The molecule has 3 rings (SSSR count). The van der Waals surface area contributed by atoms with Crippen molar-refractivity contribution in [3.05, 3.63) is 76.8 Å². The SMILES string of the molecule is O=C(Cc1csc(-c2ccc(F)cc2)n1)NCc1ccc(F)cc1. The van der Waals surface area contributed by atoms with Gasteiger partial charge in [-0.2, -0.15) is 0 Å². The Bertz CT molecular complexity index is 829. The second-order valence-corrected chi connectivity index (χ2v) is 6.09. The molecule has 0 spiro atoms. The van der Waals surface area contributed by atoms with E-state index in [0.717, 1.165) is 16.1 Å². The predicted octanol–water partition coefficient (Wildman–Crippen LogP) is 3.95. The maximum absolute atomic E-state index is 12.9. The van der Waals surface area contributed by atoms with Gasteiger partial charge in [-0.05, 0) is 42.0 Å². The highest BCUT2D eigenvalue weighted by molar-refractivity contribution is 7.13. The number of rotatable bonds is 5. The first-order chi connectivity index (χ1) is 11.6. The number of carbonyl (C=O) groups is 1. The van der Waals surface area contributed by atoms with Crippen LogP contribution in [0.3, 0.4) is 0 Å². The average Bonchev–Trinajstić information content (AvgIpc) is 3.03. The number of thiazole rings is 1. The Kier molecular flexibility index (Phi) is 4.96. The van der Waals surface area contributed by atoms with Crippen LogP contribution in [0.15, 0.2) is 53.9 Å². The lowest BCUT2D eigenvalue weighted by atomic mass is 10.2. The van der Waals surface area contributed by atoms with Crippen LogP contribution in [-0.4, -0.2) is 10.9 Å². The van der Waals surface area contributed by atoms with E-state index in [4.69, 9.17) is 0 Å². The topological polar surface area (TPSA) is 42.0 Å². The van der Waals surface area contributed by atoms with Crippen LogP contribution in [0.1, 0.15) is 11.3 Å². The Balaban J connectivity index is 1.57. The quantitative estimate of drug-likeness (QED) is 0.761. The molecule has 0 aliphatic heterocycles. The van der Waals surface area contributed by atoms with Crippen LogP contribution in [0.25, 0.3) is 10.6 Å². The van der Waals surface area contributed by atoms with Crippen LogP contribution in [-0.2, 0) is 17.8 Å². The molecule has 0 radical (unpaired) electrons. The normalized spacial score (nSPS) is 10.6. The zero-order valence-electron chi connectivity index (χ0n) is 12.6. The number of nitrogens with one attached hydrogen (secondary N) is 1. The number of hydrogen-bond acceptors (Lipinski definition) is 3. The number of benzene rings is 2. The highest BCUT2D eigenvalue weighted by atomic mass is 32.1. The van der Waals surface area contributed by atoms with Gasteiger partial charge >= 0.3 is 0 Å². The van der Waals surface area contributed by atoms with Crippen LogP contribution < -0.4 is 5.32 Å². The molecule has 0 saturated carbocycles. The molecule has 0 fully saturated rings. The third kappa shape index (κ3) is 4.23. The smallest absolute Gasteiger partial charge is 0.226 e. The summed E-state index contributed by atoms with van der Waals surface area (Å²) < 4.78 is 25.8. The van der Waals surface area contributed by atoms with Gasteiger partial charge in [0.2, 0.25) is 5.91 Å². The van der Waals surface area contributed by atoms with E-state index in [1.54, 1.807) is 24.3 Å². The van der Waals surface area contributed by atoms with E-state index in [0.29, 0.717) is 12.2 Å². The highest BCUT2D eigenvalue weighted by Gasteiger charge is 2.09. The number of carbonyl (C=O) groups excluding carboxylic acids is 1. The van der Waals surface area contributed by atoms with E-state index in [9.17, 15) is 13.6 Å². The summed E-state index contributed by atoms with van der Waals surface area (Å²) in [5.41, 5.74) is 2.31. The number of hydrogen-bond donors (Lipinski definition) is 1. The molecular weight excluding hydrogens is 330 g/mol. The minimum absolute atomic E-state index is 0.157. The molecule has 6 heteroatoms. The predicted molar refractivity (Wildman–Crippen MR) is 89.5 cm³/mol. The minimum Gasteiger partial charge on any atom is -0.352 e. The molecule has 1 amide bonds. The van der Waals surface area contributed by atoms with Crippen molar-refractivity contribution in [1.82, 2.24) is 10.3 Å². The van der Waals surface area contributed by atoms with Gasteiger partial charge in [0.15, 0.2) is 0 Å². The third-order valence-electron chi connectivity index (χ3n) is 3.39. The van der Waals surface area contributed by atoms with Gasteiger partial charge in [-0.1, -0.05) is 12.1 Å². The Hall–Kier alpha value is -2.60. The van der Waals surface area contributed by atoms with Crippen LogP contribution in [0.5, 0.6) is 0 Å². The molecule has 1 aromatic heterocycles. The fraction of sp³-hybridized carbons (Fsp3) is 0.111. The summed E-state index contributed by atoms with van der Waals surface area (Å²) in [6.07, 6.45) is 0.166. The van der Waals surface area contributed by atoms with Crippen molar-refractivity contribution in [1.29, 1.82) is 0 Å². The maximum atomic E-state index is 12.9. The molecule has 1 heterocycles. The first-order valence-electron chi connectivity index (χ1n) is 7.31. The first-order valence-corrected chi connectivity index (χ1v) is 8.19. The fourth-order valence-corrected chi connectivity index (χ4v) is 2.97. The molecule has 2 aromatic carbocycles. The zero-order valence-corrected chi connectivity index (χ0v) is 13.4. The standard InChI is InChI=1S/C18H14F2N2OS/c19-14-5-1-12(2-6-14)10-21-17(23)9-16-11-24-18(22-16)13-3-7-15(20)8-4-13/h1-8,11H,9-10H2,(H,21,23). The van der Waals surface area contributed by atoms with Crippen molar-refractivity contribution in [2.75, 3.05) is 0 Å². The van der Waals surface area contributed by atoms with Crippen LogP contribution in [0, 0.1) is 11.6 Å². The van der Waals surface area contributed by atoms with E-state index < -0.39 is 0 Å². The Labute approximate surface area is 142 Å². The monoisotopic (exact) mass is 344 g/mol. The van der Waals surface area contributed by atoms with E-state index in [-0.39, 0.29) is 24.0 Å². The van der Waals surface area contributed by atoms with Crippen molar-refractivity contribution in [2.45, 2.75) is 13.0 Å². The first kappa shape index (κ1) is 16.3. The minimum atomic E-state index is -0.305. The van der Waals surface area contributed by atoms with Crippen LogP contribution in [0.4, 0.5) is 8.78 Å². The van der Waals surface area contributed by atoms with Gasteiger partial charge in [0, 0.05) is 17.5 Å². The van der Waals surface area contributed by atoms with Gasteiger partial charge in [0.05, 0.1) is 12.1 Å². The molecule has 0 bridgehead atoms. The zero-order chi connectivity index (χ0) is 16.9. The largest absolute Gasteiger partial charge is 0.352 e. The summed E-state index contributed by atoms with van der Waals surface area (Å²) in [7, 11) is 0. The lowest BCUT2D eigenvalue weighted by molar-refractivity contribution is -0.120. The lowest BCUT2D eigenvalue weighted by Gasteiger charge is -2.04. The number of nitrogens with zero attached hydrogens (tertiary/aromatic N) is 1. The van der Waals surface area contributed by atoms with Gasteiger partial charge in [0.25, 0.3) is 0 Å². The number of halogens is 2. The summed E-state index contributed by atoms with van der Waals surface area (Å²) in [6, 6.07) is 12.1. The lowest BCUT2D eigenvalue weighted by Crippen LogP contribution is -2.24. The van der Waals surface area contributed by atoms with Crippen LogP contribution >= 0.6 is 11.3 Å². The van der Waals surface area contributed by atoms with Crippen molar-refractivity contribution in [2.24, 2.45) is 0 Å². The summed E-state index contributed by atoms with van der Waals surface area (Å²) in [5, 5.41) is 5.34. The molecule has 122 valence electrons. The summed E-state index contributed by atoms with van der Waals surface area (Å²) in [5.74, 6) is -0.758. The second kappa shape index (κ2) is 7.31. The highest BCUT2D eigenvalue weighted by Crippen LogP contribution is 2.24. The Morgan fingerprint density at radius 3 is 2.29 bits per heavy atom. The van der Waals surface area contributed by atoms with E-state index in [1.165, 1.54) is 35.6 Å². The van der Waals surface area contributed by atoms with Crippen molar-refractivity contribution in [3.8, 4) is 10.6 Å². The molecule has 3 nitrogen and oxygen atoms in total. The second-order valence-electron chi connectivity index (χ2n) is 5.23. The van der Waals surface area contributed by atoms with E-state index in [1.807, 2.05) is 5.38 Å². The third-order valence-corrected chi connectivity index (χ3v) is 4.33. The number of aromatic nitrogens is 1. The summed E-state index contributed by atoms with van der Waals surface area (Å²) >= 11 is 1.41. The Morgan fingerprint density at radius 2 is 1.62 bits per heavy atom. The van der Waals surface area contributed by atoms with Gasteiger partial charge in [-0.25, -0.2) is 13.8 Å². The number of amides is 1. The van der Waals surface area contributed by atoms with Gasteiger partial charge in [-0.3, -0.25) is 4.79 Å². The van der Waals surface area contributed by atoms with Gasteiger partial charge in [0.1, 0.15) is 16.6 Å². The van der Waals surface area contributed by atoms with Crippen molar-refractivity contribution >= 4 is 17.2 Å². The molecule has 1 N–H and O–H groups in total. The molecule has 0 aliphatic carbocycles. The summed E-state index contributed by atoms with van der Waals surface area (Å²) in [6.45, 7) is 0.341. The average molecular weight is 344 g/mol. The van der Waals surface area contributed by atoms with E-state index >= 15 is 0 Å². The summed E-state index contributed by atoms with van der Waals surface area (Å²) in [4.78, 5) is 16.4. The van der Waals surface area contributed by atoms with Crippen LogP contribution in [0.2, 0.25) is 0 Å². The van der Waals surface area contributed by atoms with E-state index in [2.05, 4.69) is 10.3 Å². The van der Waals surface area contributed by atoms with Gasteiger partial charge < -0.3 is 5.32 Å².